The zero-order valence-corrected chi connectivity index (χ0v) is 8.45. The first kappa shape index (κ1) is 10.5. The number of hydrogen-bond acceptors (Lipinski definition) is 1. The van der Waals surface area contributed by atoms with Crippen molar-refractivity contribution in [2.75, 3.05) is 13.1 Å². The molecule has 3 heteroatoms. The van der Waals surface area contributed by atoms with Gasteiger partial charge < -0.3 is 4.90 Å². The first-order valence-electron chi connectivity index (χ1n) is 5.07. The smallest absolute Gasteiger partial charge is 0.228 e. The Hall–Kier alpha value is -0.570. The standard InChI is InChI=1S/C10H18NO2/c1-8(9(2)12)10(13)11-6-4-3-5-7-11/h8-9H,3-7H2,1-2H3. The molecule has 1 heterocycles. The van der Waals surface area contributed by atoms with Gasteiger partial charge in [0, 0.05) is 13.1 Å². The lowest BCUT2D eigenvalue weighted by Gasteiger charge is -2.29. The Kier molecular flexibility index (Phi) is 3.72. The van der Waals surface area contributed by atoms with Crippen LogP contribution in [0.4, 0.5) is 0 Å². The largest absolute Gasteiger partial charge is 0.342 e. The summed E-state index contributed by atoms with van der Waals surface area (Å²) in [6.45, 7) is 4.98. The minimum Gasteiger partial charge on any atom is -0.342 e. The predicted octanol–water partition coefficient (Wildman–Crippen LogP) is 1.45. The molecule has 0 aromatic carbocycles. The fraction of sp³-hybridized carbons (Fsp3) is 0.900. The molecule has 0 bridgehead atoms. The number of likely N-dealkylation sites (tertiary alicyclic amines) is 1. The number of carbonyl (C=O) groups is 1. The Morgan fingerprint density at radius 3 is 2.15 bits per heavy atom. The number of nitrogens with zero attached hydrogens (tertiary/aromatic N) is 1. The van der Waals surface area contributed by atoms with E-state index in [4.69, 9.17) is 0 Å². The van der Waals surface area contributed by atoms with E-state index in [1.807, 2.05) is 4.90 Å². The summed E-state index contributed by atoms with van der Waals surface area (Å²) >= 11 is 0. The van der Waals surface area contributed by atoms with Crippen LogP contribution in [0.15, 0.2) is 0 Å². The molecule has 2 atom stereocenters. The molecule has 3 nitrogen and oxygen atoms in total. The fourth-order valence-corrected chi connectivity index (χ4v) is 1.60. The number of rotatable bonds is 2. The molecule has 0 aromatic rings. The van der Waals surface area contributed by atoms with Crippen LogP contribution in [0.3, 0.4) is 0 Å². The topological polar surface area (TPSA) is 40.2 Å². The van der Waals surface area contributed by atoms with Gasteiger partial charge in [-0.25, -0.2) is 5.11 Å². The number of carbonyl (C=O) groups excluding carboxylic acids is 1. The summed E-state index contributed by atoms with van der Waals surface area (Å²) < 4.78 is 0. The van der Waals surface area contributed by atoms with Crippen LogP contribution in [-0.2, 0) is 9.90 Å². The summed E-state index contributed by atoms with van der Waals surface area (Å²) in [6.07, 6.45) is 2.61. The quantitative estimate of drug-likeness (QED) is 0.640. The zero-order valence-electron chi connectivity index (χ0n) is 8.45. The molecule has 1 amide bonds. The van der Waals surface area contributed by atoms with Crippen LogP contribution in [0.25, 0.3) is 0 Å². The normalized spacial score (nSPS) is 22.5. The molecule has 0 spiro atoms. The highest BCUT2D eigenvalue weighted by atomic mass is 16.3. The molecule has 1 aliphatic rings. The minimum atomic E-state index is -0.783. The molecule has 0 saturated carbocycles. The summed E-state index contributed by atoms with van der Waals surface area (Å²) in [5.41, 5.74) is 0. The Morgan fingerprint density at radius 1 is 1.15 bits per heavy atom. The van der Waals surface area contributed by atoms with Crippen molar-refractivity contribution in [2.24, 2.45) is 5.92 Å². The number of piperidine rings is 1. The number of amides is 1. The summed E-state index contributed by atoms with van der Waals surface area (Å²) in [5.74, 6) is -0.319. The molecular formula is C10H18NO2. The van der Waals surface area contributed by atoms with E-state index in [-0.39, 0.29) is 11.8 Å². The maximum atomic E-state index is 11.7. The highest BCUT2D eigenvalue weighted by Gasteiger charge is 2.25. The molecular weight excluding hydrogens is 166 g/mol. The van der Waals surface area contributed by atoms with E-state index in [9.17, 15) is 9.90 Å². The van der Waals surface area contributed by atoms with Crippen LogP contribution in [0, 0.1) is 5.92 Å². The van der Waals surface area contributed by atoms with Crippen molar-refractivity contribution < 1.29 is 9.90 Å². The third-order valence-electron chi connectivity index (χ3n) is 2.76. The molecule has 1 aliphatic heterocycles. The third-order valence-corrected chi connectivity index (χ3v) is 2.76. The molecule has 0 N–H and O–H groups in total. The van der Waals surface area contributed by atoms with Gasteiger partial charge in [-0.3, -0.25) is 4.79 Å². The van der Waals surface area contributed by atoms with Crippen molar-refractivity contribution in [2.45, 2.75) is 39.2 Å². The van der Waals surface area contributed by atoms with Crippen LogP contribution in [0.5, 0.6) is 0 Å². The van der Waals surface area contributed by atoms with Gasteiger partial charge in [0.2, 0.25) is 5.91 Å². The van der Waals surface area contributed by atoms with Crippen LogP contribution in [-0.4, -0.2) is 30.0 Å². The Bertz CT molecular complexity index is 174. The molecule has 75 valence electrons. The van der Waals surface area contributed by atoms with Gasteiger partial charge >= 0.3 is 0 Å². The van der Waals surface area contributed by atoms with Gasteiger partial charge in [-0.2, -0.15) is 0 Å². The van der Waals surface area contributed by atoms with E-state index in [1.165, 1.54) is 6.42 Å². The monoisotopic (exact) mass is 184 g/mol. The van der Waals surface area contributed by atoms with E-state index < -0.39 is 6.10 Å². The van der Waals surface area contributed by atoms with E-state index in [1.54, 1.807) is 13.8 Å². The second-order valence-electron chi connectivity index (χ2n) is 3.88. The van der Waals surface area contributed by atoms with Crippen molar-refractivity contribution in [1.29, 1.82) is 0 Å². The second-order valence-corrected chi connectivity index (χ2v) is 3.88. The first-order chi connectivity index (χ1) is 6.13. The summed E-state index contributed by atoms with van der Waals surface area (Å²) in [4.78, 5) is 13.5. The first-order valence-corrected chi connectivity index (χ1v) is 5.07. The van der Waals surface area contributed by atoms with Crippen molar-refractivity contribution in [3.63, 3.8) is 0 Å². The molecule has 1 rings (SSSR count). The molecule has 0 aromatic heterocycles. The van der Waals surface area contributed by atoms with Gasteiger partial charge in [-0.05, 0) is 26.2 Å². The van der Waals surface area contributed by atoms with Gasteiger partial charge in [0.1, 0.15) is 6.10 Å². The van der Waals surface area contributed by atoms with Crippen LogP contribution in [0.2, 0.25) is 0 Å². The second kappa shape index (κ2) is 4.61. The molecule has 2 unspecified atom stereocenters. The highest BCUT2D eigenvalue weighted by Crippen LogP contribution is 2.14. The van der Waals surface area contributed by atoms with Crippen LogP contribution < -0.4 is 0 Å². The van der Waals surface area contributed by atoms with Crippen LogP contribution >= 0.6 is 0 Å². The Labute approximate surface area is 79.7 Å². The van der Waals surface area contributed by atoms with E-state index in [0.29, 0.717) is 0 Å². The molecule has 0 aliphatic carbocycles. The van der Waals surface area contributed by atoms with Gasteiger partial charge in [-0.1, -0.05) is 6.92 Å². The van der Waals surface area contributed by atoms with Gasteiger partial charge in [0.25, 0.3) is 0 Å². The van der Waals surface area contributed by atoms with Crippen molar-refractivity contribution in [1.82, 2.24) is 4.90 Å². The summed E-state index contributed by atoms with van der Waals surface area (Å²) in [6, 6.07) is 0. The maximum Gasteiger partial charge on any atom is 0.228 e. The highest BCUT2D eigenvalue weighted by molar-refractivity contribution is 5.79. The maximum absolute atomic E-state index is 11.7. The summed E-state index contributed by atoms with van der Waals surface area (Å²) in [5, 5.41) is 11.1. The lowest BCUT2D eigenvalue weighted by atomic mass is 10.0. The molecule has 1 fully saturated rings. The Morgan fingerprint density at radius 2 is 1.69 bits per heavy atom. The van der Waals surface area contributed by atoms with Crippen molar-refractivity contribution in [3.8, 4) is 0 Å². The van der Waals surface area contributed by atoms with Gasteiger partial charge in [0.15, 0.2) is 0 Å². The lowest BCUT2D eigenvalue weighted by Crippen LogP contribution is -2.41. The zero-order chi connectivity index (χ0) is 9.84. The van der Waals surface area contributed by atoms with E-state index in [2.05, 4.69) is 0 Å². The minimum absolute atomic E-state index is 0.0437. The molecule has 1 radical (unpaired) electrons. The predicted molar refractivity (Wildman–Crippen MR) is 49.7 cm³/mol. The van der Waals surface area contributed by atoms with E-state index >= 15 is 0 Å². The average Bonchev–Trinajstić information content (AvgIpc) is 2.17. The number of hydrogen-bond donors (Lipinski definition) is 0. The molecule has 1 saturated heterocycles. The van der Waals surface area contributed by atoms with Crippen molar-refractivity contribution in [3.05, 3.63) is 0 Å². The van der Waals surface area contributed by atoms with Crippen molar-refractivity contribution >= 4 is 5.91 Å². The van der Waals surface area contributed by atoms with Gasteiger partial charge in [-0.15, -0.1) is 0 Å². The van der Waals surface area contributed by atoms with Gasteiger partial charge in [0.05, 0.1) is 5.92 Å². The molecule has 13 heavy (non-hydrogen) atoms. The average molecular weight is 184 g/mol. The Balaban J connectivity index is 2.45. The van der Waals surface area contributed by atoms with Crippen LogP contribution in [0.1, 0.15) is 33.1 Å². The lowest BCUT2D eigenvalue weighted by molar-refractivity contribution is -0.140. The fourth-order valence-electron chi connectivity index (χ4n) is 1.60. The SMILES string of the molecule is CC([O])C(C)C(=O)N1CCCCC1. The third kappa shape index (κ3) is 2.69. The summed E-state index contributed by atoms with van der Waals surface area (Å²) in [7, 11) is 0. The van der Waals surface area contributed by atoms with E-state index in [0.717, 1.165) is 25.9 Å².